The lowest BCUT2D eigenvalue weighted by molar-refractivity contribution is -0.130. The van der Waals surface area contributed by atoms with E-state index in [0.29, 0.717) is 11.5 Å². The zero-order valence-electron chi connectivity index (χ0n) is 10.3. The average Bonchev–Trinajstić information content (AvgIpc) is 2.24. The Bertz CT molecular complexity index is 399. The fraction of sp³-hybridized carbons (Fsp3) is 0.714. The van der Waals surface area contributed by atoms with Gasteiger partial charge in [0.15, 0.2) is 5.78 Å². The molecule has 0 bridgehead atoms. The number of nitriles is 1. The van der Waals surface area contributed by atoms with Crippen molar-refractivity contribution in [3.63, 3.8) is 0 Å². The van der Waals surface area contributed by atoms with Gasteiger partial charge in [-0.15, -0.1) is 0 Å². The molecule has 2 heteroatoms. The number of hydrogen-bond donors (Lipinski definition) is 0. The quantitative estimate of drug-likeness (QED) is 0.625. The number of allylic oxidation sites excluding steroid dienone is 2. The molecule has 0 aromatic carbocycles. The highest BCUT2D eigenvalue weighted by molar-refractivity contribution is 6.04. The van der Waals surface area contributed by atoms with Crippen LogP contribution in [0.15, 0.2) is 11.6 Å². The van der Waals surface area contributed by atoms with Crippen LogP contribution in [0.4, 0.5) is 0 Å². The summed E-state index contributed by atoms with van der Waals surface area (Å²) < 4.78 is 0. The van der Waals surface area contributed by atoms with Gasteiger partial charge in [0.1, 0.15) is 6.07 Å². The molecule has 0 aromatic rings. The van der Waals surface area contributed by atoms with E-state index in [4.69, 9.17) is 5.26 Å². The smallest absolute Gasteiger partial charge is 0.178 e. The first-order valence-electron chi connectivity index (χ1n) is 6.09. The van der Waals surface area contributed by atoms with Crippen LogP contribution in [0, 0.1) is 28.1 Å². The molecule has 0 saturated heterocycles. The van der Waals surface area contributed by atoms with Crippen LogP contribution < -0.4 is 0 Å². The SMILES string of the molecule is CC12C=C(C#N)C(=O)C(C)(C)C1CCCC2. The van der Waals surface area contributed by atoms with Crippen LogP contribution in [-0.2, 0) is 4.79 Å². The summed E-state index contributed by atoms with van der Waals surface area (Å²) in [5, 5.41) is 9.06. The molecule has 2 nitrogen and oxygen atoms in total. The van der Waals surface area contributed by atoms with Crippen molar-refractivity contribution in [2.75, 3.05) is 0 Å². The van der Waals surface area contributed by atoms with Crippen LogP contribution in [0.1, 0.15) is 46.5 Å². The number of carbonyl (C=O) groups excluding carboxylic acids is 1. The first-order chi connectivity index (χ1) is 7.42. The normalized spacial score (nSPS) is 37.2. The number of carbonyl (C=O) groups is 1. The van der Waals surface area contributed by atoms with Gasteiger partial charge in [-0.25, -0.2) is 0 Å². The summed E-state index contributed by atoms with van der Waals surface area (Å²) in [6.45, 7) is 6.23. The van der Waals surface area contributed by atoms with E-state index in [2.05, 4.69) is 13.0 Å². The number of Topliss-reactive ketones (excluding diaryl/α,β-unsaturated/α-hetero) is 1. The fourth-order valence-electron chi connectivity index (χ4n) is 3.70. The second kappa shape index (κ2) is 3.45. The summed E-state index contributed by atoms with van der Waals surface area (Å²) in [7, 11) is 0. The molecule has 2 atom stereocenters. The molecular weight excluding hydrogens is 198 g/mol. The van der Waals surface area contributed by atoms with E-state index in [1.807, 2.05) is 19.9 Å². The highest BCUT2D eigenvalue weighted by Crippen LogP contribution is 2.54. The highest BCUT2D eigenvalue weighted by Gasteiger charge is 2.51. The molecule has 2 aliphatic carbocycles. The number of fused-ring (bicyclic) bond motifs is 1. The minimum Gasteiger partial charge on any atom is -0.293 e. The Morgan fingerprint density at radius 1 is 1.38 bits per heavy atom. The van der Waals surface area contributed by atoms with E-state index in [1.54, 1.807) is 0 Å². The summed E-state index contributed by atoms with van der Waals surface area (Å²) in [6, 6.07) is 2.08. The molecule has 0 aliphatic heterocycles. The Morgan fingerprint density at radius 3 is 2.69 bits per heavy atom. The third-order valence-electron chi connectivity index (χ3n) is 4.55. The molecule has 1 fully saturated rings. The standard InChI is InChI=1S/C14H19NO/c1-13(2)11-6-4-5-7-14(11,3)8-10(9-15)12(13)16/h8,11H,4-7H2,1-3H3. The lowest BCUT2D eigenvalue weighted by Crippen LogP contribution is -2.47. The predicted molar refractivity (Wildman–Crippen MR) is 62.5 cm³/mol. The Morgan fingerprint density at radius 2 is 2.06 bits per heavy atom. The van der Waals surface area contributed by atoms with Crippen molar-refractivity contribution in [1.82, 2.24) is 0 Å². The zero-order valence-corrected chi connectivity index (χ0v) is 10.3. The van der Waals surface area contributed by atoms with Gasteiger partial charge in [-0.2, -0.15) is 5.26 Å². The maximum Gasteiger partial charge on any atom is 0.178 e. The van der Waals surface area contributed by atoms with E-state index < -0.39 is 0 Å². The molecule has 0 amide bonds. The van der Waals surface area contributed by atoms with Gasteiger partial charge < -0.3 is 0 Å². The van der Waals surface area contributed by atoms with Crippen molar-refractivity contribution < 1.29 is 4.79 Å². The number of nitrogens with zero attached hydrogens (tertiary/aromatic N) is 1. The van der Waals surface area contributed by atoms with Crippen molar-refractivity contribution in [3.05, 3.63) is 11.6 Å². The van der Waals surface area contributed by atoms with Crippen molar-refractivity contribution in [2.45, 2.75) is 46.5 Å². The van der Waals surface area contributed by atoms with Crippen LogP contribution in [-0.4, -0.2) is 5.78 Å². The molecule has 1 saturated carbocycles. The van der Waals surface area contributed by atoms with Gasteiger partial charge in [-0.1, -0.05) is 39.7 Å². The van der Waals surface area contributed by atoms with E-state index in [9.17, 15) is 4.79 Å². The number of rotatable bonds is 0. The summed E-state index contributed by atoms with van der Waals surface area (Å²) in [5.74, 6) is 0.442. The fourth-order valence-corrected chi connectivity index (χ4v) is 3.70. The van der Waals surface area contributed by atoms with Gasteiger partial charge in [0, 0.05) is 5.41 Å². The maximum atomic E-state index is 12.2. The predicted octanol–water partition coefficient (Wildman–Crippen LogP) is 3.24. The largest absolute Gasteiger partial charge is 0.293 e. The molecule has 2 rings (SSSR count). The van der Waals surface area contributed by atoms with E-state index in [-0.39, 0.29) is 16.6 Å². The van der Waals surface area contributed by atoms with Crippen molar-refractivity contribution >= 4 is 5.78 Å². The Labute approximate surface area is 97.3 Å². The molecule has 86 valence electrons. The van der Waals surface area contributed by atoms with E-state index in [0.717, 1.165) is 12.8 Å². The van der Waals surface area contributed by atoms with E-state index in [1.165, 1.54) is 12.8 Å². The second-order valence-corrected chi connectivity index (χ2v) is 6.02. The molecule has 2 unspecified atom stereocenters. The first-order valence-corrected chi connectivity index (χ1v) is 6.09. The topological polar surface area (TPSA) is 40.9 Å². The monoisotopic (exact) mass is 217 g/mol. The third kappa shape index (κ3) is 1.42. The lowest BCUT2D eigenvalue weighted by atomic mass is 9.52. The Balaban J connectivity index is 2.53. The summed E-state index contributed by atoms with van der Waals surface area (Å²) in [4.78, 5) is 12.2. The van der Waals surface area contributed by atoms with Gasteiger partial charge in [-0.3, -0.25) is 4.79 Å². The molecule has 0 N–H and O–H groups in total. The van der Waals surface area contributed by atoms with Crippen LogP contribution >= 0.6 is 0 Å². The van der Waals surface area contributed by atoms with Gasteiger partial charge >= 0.3 is 0 Å². The van der Waals surface area contributed by atoms with Crippen molar-refractivity contribution in [2.24, 2.45) is 16.7 Å². The summed E-state index contributed by atoms with van der Waals surface area (Å²) >= 11 is 0. The van der Waals surface area contributed by atoms with Crippen LogP contribution in [0.2, 0.25) is 0 Å². The van der Waals surface area contributed by atoms with Crippen LogP contribution in [0.3, 0.4) is 0 Å². The van der Waals surface area contributed by atoms with Crippen LogP contribution in [0.25, 0.3) is 0 Å². The van der Waals surface area contributed by atoms with Gasteiger partial charge in [0.25, 0.3) is 0 Å². The lowest BCUT2D eigenvalue weighted by Gasteiger charge is -2.50. The second-order valence-electron chi connectivity index (χ2n) is 6.02. The molecule has 16 heavy (non-hydrogen) atoms. The van der Waals surface area contributed by atoms with Crippen molar-refractivity contribution in [1.29, 1.82) is 5.26 Å². The minimum absolute atomic E-state index is 0.0411. The minimum atomic E-state index is -0.366. The number of ketones is 1. The zero-order chi connectivity index (χ0) is 12.0. The highest BCUT2D eigenvalue weighted by atomic mass is 16.1. The van der Waals surface area contributed by atoms with Gasteiger partial charge in [0.2, 0.25) is 0 Å². The van der Waals surface area contributed by atoms with Crippen LogP contribution in [0.5, 0.6) is 0 Å². The summed E-state index contributed by atoms with van der Waals surface area (Å²) in [6.07, 6.45) is 6.60. The summed E-state index contributed by atoms with van der Waals surface area (Å²) in [5.41, 5.74) is 0.0704. The molecule has 0 spiro atoms. The maximum absolute atomic E-state index is 12.2. The van der Waals surface area contributed by atoms with E-state index >= 15 is 0 Å². The molecule has 0 aromatic heterocycles. The van der Waals surface area contributed by atoms with Crippen molar-refractivity contribution in [3.8, 4) is 6.07 Å². The molecule has 2 aliphatic rings. The Kier molecular flexibility index (Phi) is 2.45. The average molecular weight is 217 g/mol. The third-order valence-corrected chi connectivity index (χ3v) is 4.55. The Hall–Kier alpha value is -1.10. The molecule has 0 radical (unpaired) electrons. The van der Waals surface area contributed by atoms with Gasteiger partial charge in [-0.05, 0) is 24.2 Å². The van der Waals surface area contributed by atoms with Gasteiger partial charge in [0.05, 0.1) is 5.57 Å². The molecular formula is C14H19NO. The molecule has 0 heterocycles. The first kappa shape index (κ1) is 11.4. The number of hydrogen-bond acceptors (Lipinski definition) is 2.